The molecule has 2 N–H and O–H groups in total. The summed E-state index contributed by atoms with van der Waals surface area (Å²) < 4.78 is 0. The summed E-state index contributed by atoms with van der Waals surface area (Å²) in [5.74, 6) is -1.41. The van der Waals surface area contributed by atoms with Gasteiger partial charge in [-0.3, -0.25) is 19.7 Å². The molecule has 0 aromatic rings. The third-order valence-electron chi connectivity index (χ3n) is 1.90. The molecular weight excluding hydrogens is 184 g/mol. The molecule has 2 aliphatic heterocycles. The smallest absolute Gasteiger partial charge is 0.253 e. The van der Waals surface area contributed by atoms with Gasteiger partial charge in [-0.05, 0) is 0 Å². The van der Waals surface area contributed by atoms with Gasteiger partial charge in [-0.2, -0.15) is 0 Å². The van der Waals surface area contributed by atoms with Crippen LogP contribution in [-0.2, 0) is 14.4 Å². The molecule has 0 aromatic carbocycles. The molecule has 80 valence electrons. The number of amides is 3. The number of nitrogens with one attached hydrogen (secondary N) is 2. The highest BCUT2D eigenvalue weighted by Gasteiger charge is 2.66. The van der Waals surface area contributed by atoms with Crippen LogP contribution in [0, 0.1) is 5.41 Å². The van der Waals surface area contributed by atoms with E-state index in [0.29, 0.717) is 0 Å². The fourth-order valence-corrected chi connectivity index (χ4v) is 1.06. The molecule has 3 amide bonds. The van der Waals surface area contributed by atoms with Crippen molar-refractivity contribution in [3.63, 3.8) is 0 Å². The molecule has 2 fully saturated rings. The van der Waals surface area contributed by atoms with Crippen LogP contribution in [0.3, 0.4) is 0 Å². The first-order chi connectivity index (χ1) is 6.68. The Balaban J connectivity index is 0.000000379. The summed E-state index contributed by atoms with van der Waals surface area (Å²) >= 11 is 0. The van der Waals surface area contributed by atoms with Crippen LogP contribution in [0.4, 0.5) is 0 Å². The fourth-order valence-electron chi connectivity index (χ4n) is 1.06. The normalized spacial score (nSPS) is 19.9. The highest BCUT2D eigenvalue weighted by molar-refractivity contribution is 6.36. The average Bonchev–Trinajstić information content (AvgIpc) is 2.21. The first-order valence-corrected chi connectivity index (χ1v) is 4.82. The van der Waals surface area contributed by atoms with E-state index in [1.54, 1.807) is 0 Å². The number of imide groups is 1. The summed E-state index contributed by atoms with van der Waals surface area (Å²) in [6.45, 7) is 8.16. The van der Waals surface area contributed by atoms with Gasteiger partial charge in [-0.1, -0.05) is 27.7 Å². The van der Waals surface area contributed by atoms with Crippen molar-refractivity contribution >= 4 is 17.7 Å². The van der Waals surface area contributed by atoms with E-state index in [9.17, 15) is 14.4 Å². The Labute approximate surface area is 83.2 Å². The SMILES string of the molecule is CC.CC.O=C1NCC12C(=O)NC2=O. The zero-order valence-electron chi connectivity index (χ0n) is 8.93. The Morgan fingerprint density at radius 3 is 1.43 bits per heavy atom. The van der Waals surface area contributed by atoms with Gasteiger partial charge in [0.2, 0.25) is 11.3 Å². The summed E-state index contributed by atoms with van der Waals surface area (Å²) in [6, 6.07) is 0. The zero-order valence-corrected chi connectivity index (χ0v) is 8.93. The second-order valence-corrected chi connectivity index (χ2v) is 2.37. The Kier molecular flexibility index (Phi) is 4.27. The Hall–Kier alpha value is -1.39. The van der Waals surface area contributed by atoms with Crippen molar-refractivity contribution in [1.29, 1.82) is 0 Å². The topological polar surface area (TPSA) is 75.3 Å². The van der Waals surface area contributed by atoms with Crippen LogP contribution >= 0.6 is 0 Å². The van der Waals surface area contributed by atoms with E-state index >= 15 is 0 Å². The quantitative estimate of drug-likeness (QED) is 0.420. The largest absolute Gasteiger partial charge is 0.352 e. The van der Waals surface area contributed by atoms with E-state index in [0.717, 1.165) is 0 Å². The van der Waals surface area contributed by atoms with Crippen molar-refractivity contribution in [3.05, 3.63) is 0 Å². The minimum atomic E-state index is -1.32. The summed E-state index contributed by atoms with van der Waals surface area (Å²) in [7, 11) is 0. The Morgan fingerprint density at radius 2 is 1.36 bits per heavy atom. The van der Waals surface area contributed by atoms with Crippen LogP contribution in [-0.4, -0.2) is 24.3 Å². The summed E-state index contributed by atoms with van der Waals surface area (Å²) in [5.41, 5.74) is -1.32. The molecule has 14 heavy (non-hydrogen) atoms. The predicted octanol–water partition coefficient (Wildman–Crippen LogP) is -0.189. The Morgan fingerprint density at radius 1 is 0.929 bits per heavy atom. The van der Waals surface area contributed by atoms with Crippen molar-refractivity contribution < 1.29 is 14.4 Å². The maximum atomic E-state index is 10.7. The van der Waals surface area contributed by atoms with Crippen LogP contribution < -0.4 is 10.6 Å². The van der Waals surface area contributed by atoms with Crippen LogP contribution in [0.5, 0.6) is 0 Å². The monoisotopic (exact) mass is 200 g/mol. The van der Waals surface area contributed by atoms with Crippen molar-refractivity contribution in [3.8, 4) is 0 Å². The molecule has 5 nitrogen and oxygen atoms in total. The minimum Gasteiger partial charge on any atom is -0.352 e. The molecule has 0 saturated carbocycles. The molecular formula is C9H16N2O3. The highest BCUT2D eigenvalue weighted by Crippen LogP contribution is 2.30. The molecule has 0 bridgehead atoms. The molecule has 2 aliphatic rings. The average molecular weight is 200 g/mol. The molecule has 0 aromatic heterocycles. The molecule has 2 rings (SSSR count). The van der Waals surface area contributed by atoms with Crippen molar-refractivity contribution in [2.75, 3.05) is 6.54 Å². The molecule has 0 radical (unpaired) electrons. The molecule has 1 spiro atoms. The van der Waals surface area contributed by atoms with E-state index in [4.69, 9.17) is 0 Å². The fraction of sp³-hybridized carbons (Fsp3) is 0.667. The molecule has 0 unspecified atom stereocenters. The van der Waals surface area contributed by atoms with Gasteiger partial charge < -0.3 is 5.32 Å². The number of carbonyl (C=O) groups excluding carboxylic acids is 3. The lowest BCUT2D eigenvalue weighted by molar-refractivity contribution is -0.169. The van der Waals surface area contributed by atoms with Gasteiger partial charge in [-0.25, -0.2) is 0 Å². The maximum absolute atomic E-state index is 10.7. The first kappa shape index (κ1) is 12.6. The number of hydrogen-bond donors (Lipinski definition) is 2. The summed E-state index contributed by atoms with van der Waals surface area (Å²) in [4.78, 5) is 32.0. The number of β-lactam (4-membered cyclic amide) rings is 3. The predicted molar refractivity (Wildman–Crippen MR) is 51.3 cm³/mol. The van der Waals surface area contributed by atoms with Crippen LogP contribution in [0.15, 0.2) is 0 Å². The van der Waals surface area contributed by atoms with Crippen molar-refractivity contribution in [2.45, 2.75) is 27.7 Å². The number of rotatable bonds is 0. The van der Waals surface area contributed by atoms with Gasteiger partial charge in [0.25, 0.3) is 11.8 Å². The van der Waals surface area contributed by atoms with Crippen LogP contribution in [0.1, 0.15) is 27.7 Å². The highest BCUT2D eigenvalue weighted by atomic mass is 16.2. The minimum absolute atomic E-state index is 0.163. The van der Waals surface area contributed by atoms with Gasteiger partial charge in [0.1, 0.15) is 0 Å². The second-order valence-electron chi connectivity index (χ2n) is 2.37. The van der Waals surface area contributed by atoms with E-state index in [1.807, 2.05) is 33.0 Å². The van der Waals surface area contributed by atoms with Crippen LogP contribution in [0.2, 0.25) is 0 Å². The van der Waals surface area contributed by atoms with Gasteiger partial charge in [0, 0.05) is 0 Å². The third-order valence-corrected chi connectivity index (χ3v) is 1.90. The first-order valence-electron chi connectivity index (χ1n) is 4.82. The van der Waals surface area contributed by atoms with E-state index in [1.165, 1.54) is 0 Å². The van der Waals surface area contributed by atoms with Gasteiger partial charge in [0.15, 0.2) is 0 Å². The van der Waals surface area contributed by atoms with E-state index in [2.05, 4.69) is 5.32 Å². The molecule has 2 saturated heterocycles. The molecule has 5 heteroatoms. The number of carbonyl (C=O) groups is 3. The lowest BCUT2D eigenvalue weighted by atomic mass is 9.73. The standard InChI is InChI=1S/C5H4N2O3.2C2H6/c8-2-5(1-6-2)3(9)7-4(5)10;2*1-2/h1H2,(H,6,8)(H,7,9,10);2*1-2H3. The van der Waals surface area contributed by atoms with E-state index < -0.39 is 23.1 Å². The third kappa shape index (κ3) is 1.38. The number of hydrogen-bond acceptors (Lipinski definition) is 3. The lowest BCUT2D eigenvalue weighted by Gasteiger charge is -2.43. The van der Waals surface area contributed by atoms with Gasteiger partial charge in [0.05, 0.1) is 6.54 Å². The second kappa shape index (κ2) is 4.74. The summed E-state index contributed by atoms with van der Waals surface area (Å²) in [6.07, 6.45) is 0. The van der Waals surface area contributed by atoms with Gasteiger partial charge >= 0.3 is 0 Å². The molecule has 0 aliphatic carbocycles. The zero-order chi connectivity index (χ0) is 11.4. The summed E-state index contributed by atoms with van der Waals surface area (Å²) in [5, 5.41) is 4.33. The lowest BCUT2D eigenvalue weighted by Crippen LogP contribution is -2.79. The Bertz CT molecular complexity index is 233. The van der Waals surface area contributed by atoms with Crippen molar-refractivity contribution in [2.24, 2.45) is 5.41 Å². The van der Waals surface area contributed by atoms with E-state index in [-0.39, 0.29) is 6.54 Å². The molecule has 0 atom stereocenters. The van der Waals surface area contributed by atoms with Crippen LogP contribution in [0.25, 0.3) is 0 Å². The van der Waals surface area contributed by atoms with Gasteiger partial charge in [-0.15, -0.1) is 0 Å². The van der Waals surface area contributed by atoms with Crippen molar-refractivity contribution in [1.82, 2.24) is 10.6 Å². The molecule has 2 heterocycles. The maximum Gasteiger partial charge on any atom is 0.253 e.